The first-order valence-corrected chi connectivity index (χ1v) is 6.83. The highest BCUT2D eigenvalue weighted by Gasteiger charge is 2.17. The van der Waals surface area contributed by atoms with E-state index in [0.29, 0.717) is 12.2 Å². The first-order valence-electron chi connectivity index (χ1n) is 6.46. The molecule has 0 saturated carbocycles. The lowest BCUT2D eigenvalue weighted by atomic mass is 9.97. The predicted octanol–water partition coefficient (Wildman–Crippen LogP) is 4.18. The van der Waals surface area contributed by atoms with Crippen LogP contribution >= 0.6 is 11.6 Å². The first kappa shape index (κ1) is 15.7. The van der Waals surface area contributed by atoms with E-state index in [1.54, 1.807) is 7.11 Å². The van der Waals surface area contributed by atoms with Crippen molar-refractivity contribution in [3.63, 3.8) is 0 Å². The van der Waals surface area contributed by atoms with Crippen molar-refractivity contribution in [1.82, 2.24) is 0 Å². The van der Waals surface area contributed by atoms with Crippen LogP contribution in [0.4, 0.5) is 8.78 Å². The normalized spacial score (nSPS) is 12.3. The van der Waals surface area contributed by atoms with E-state index in [9.17, 15) is 8.78 Å². The third-order valence-corrected chi connectivity index (χ3v) is 3.60. The molecule has 0 fully saturated rings. The molecular formula is C16H16ClF2NO. The summed E-state index contributed by atoms with van der Waals surface area (Å²) in [6.45, 7) is 1.94. The number of ether oxygens (including phenoxy) is 1. The van der Waals surface area contributed by atoms with Gasteiger partial charge in [0.2, 0.25) is 0 Å². The second kappa shape index (κ2) is 6.41. The van der Waals surface area contributed by atoms with E-state index < -0.39 is 17.7 Å². The van der Waals surface area contributed by atoms with Gasteiger partial charge in [0, 0.05) is 11.6 Å². The van der Waals surface area contributed by atoms with Crippen LogP contribution in [0.1, 0.15) is 22.7 Å². The van der Waals surface area contributed by atoms with Gasteiger partial charge in [-0.3, -0.25) is 0 Å². The van der Waals surface area contributed by atoms with E-state index in [1.165, 1.54) is 0 Å². The van der Waals surface area contributed by atoms with Crippen LogP contribution in [0.15, 0.2) is 30.3 Å². The second-order valence-corrected chi connectivity index (χ2v) is 5.32. The number of aryl methyl sites for hydroxylation is 1. The van der Waals surface area contributed by atoms with Gasteiger partial charge in [-0.15, -0.1) is 0 Å². The number of hydrogen-bond donors (Lipinski definition) is 1. The summed E-state index contributed by atoms with van der Waals surface area (Å²) in [6.07, 6.45) is 0.336. The molecule has 0 amide bonds. The van der Waals surface area contributed by atoms with Crippen molar-refractivity contribution in [2.45, 2.75) is 19.4 Å². The van der Waals surface area contributed by atoms with Gasteiger partial charge in [0.05, 0.1) is 12.1 Å². The zero-order valence-corrected chi connectivity index (χ0v) is 12.5. The molecule has 0 radical (unpaired) electrons. The van der Waals surface area contributed by atoms with Crippen molar-refractivity contribution in [3.8, 4) is 5.75 Å². The standard InChI is InChI=1S/C16H16ClF2NO/c1-9-3-4-16(21-2)10(5-9)6-15(20)11-7-14(19)12(17)8-13(11)18/h3-5,7-8,15H,6,20H2,1-2H3. The molecule has 21 heavy (non-hydrogen) atoms. The highest BCUT2D eigenvalue weighted by atomic mass is 35.5. The van der Waals surface area contributed by atoms with Crippen molar-refractivity contribution in [2.75, 3.05) is 7.11 Å². The zero-order valence-electron chi connectivity index (χ0n) is 11.8. The monoisotopic (exact) mass is 311 g/mol. The van der Waals surface area contributed by atoms with Crippen LogP contribution in [0.3, 0.4) is 0 Å². The van der Waals surface area contributed by atoms with Gasteiger partial charge in [-0.1, -0.05) is 29.3 Å². The molecule has 0 saturated heterocycles. The van der Waals surface area contributed by atoms with Crippen LogP contribution in [0.25, 0.3) is 0 Å². The van der Waals surface area contributed by atoms with Crippen LogP contribution in [-0.2, 0) is 6.42 Å². The van der Waals surface area contributed by atoms with E-state index in [0.717, 1.165) is 23.3 Å². The Hall–Kier alpha value is -1.65. The minimum absolute atomic E-state index is 0.0976. The average Bonchev–Trinajstić information content (AvgIpc) is 2.43. The molecule has 0 aromatic heterocycles. The summed E-state index contributed by atoms with van der Waals surface area (Å²) >= 11 is 5.54. The molecule has 2 aromatic carbocycles. The molecule has 2 rings (SSSR count). The lowest BCUT2D eigenvalue weighted by molar-refractivity contribution is 0.407. The van der Waals surface area contributed by atoms with Crippen LogP contribution in [0.5, 0.6) is 5.75 Å². The Morgan fingerprint density at radius 1 is 1.19 bits per heavy atom. The van der Waals surface area contributed by atoms with E-state index >= 15 is 0 Å². The summed E-state index contributed by atoms with van der Waals surface area (Å²) < 4.78 is 32.6. The largest absolute Gasteiger partial charge is 0.496 e. The molecule has 1 atom stereocenters. The van der Waals surface area contributed by atoms with Crippen molar-refractivity contribution in [2.24, 2.45) is 5.73 Å². The third-order valence-electron chi connectivity index (χ3n) is 3.31. The van der Waals surface area contributed by atoms with Gasteiger partial charge in [-0.05, 0) is 37.1 Å². The molecule has 0 aliphatic carbocycles. The number of benzene rings is 2. The fourth-order valence-electron chi connectivity index (χ4n) is 2.24. The van der Waals surface area contributed by atoms with Crippen molar-refractivity contribution < 1.29 is 13.5 Å². The summed E-state index contributed by atoms with van der Waals surface area (Å²) in [6, 6.07) is 6.96. The first-order chi connectivity index (χ1) is 9.92. The summed E-state index contributed by atoms with van der Waals surface area (Å²) in [4.78, 5) is 0. The van der Waals surface area contributed by atoms with E-state index in [-0.39, 0.29) is 10.6 Å². The number of halogens is 3. The Morgan fingerprint density at radius 2 is 1.90 bits per heavy atom. The molecule has 2 aromatic rings. The average molecular weight is 312 g/mol. The zero-order chi connectivity index (χ0) is 15.6. The second-order valence-electron chi connectivity index (χ2n) is 4.91. The topological polar surface area (TPSA) is 35.2 Å². The van der Waals surface area contributed by atoms with Gasteiger partial charge in [0.1, 0.15) is 17.4 Å². The van der Waals surface area contributed by atoms with E-state index in [4.69, 9.17) is 22.1 Å². The molecule has 0 heterocycles. The van der Waals surface area contributed by atoms with E-state index in [2.05, 4.69) is 0 Å². The summed E-state index contributed by atoms with van der Waals surface area (Å²) in [7, 11) is 1.56. The van der Waals surface area contributed by atoms with Crippen molar-refractivity contribution in [1.29, 1.82) is 0 Å². The lowest BCUT2D eigenvalue weighted by Crippen LogP contribution is -2.16. The maximum atomic E-state index is 13.9. The molecular weight excluding hydrogens is 296 g/mol. The quantitative estimate of drug-likeness (QED) is 0.860. The Bertz CT molecular complexity index is 661. The fraction of sp³-hybridized carbons (Fsp3) is 0.250. The van der Waals surface area contributed by atoms with Gasteiger partial charge in [0.25, 0.3) is 0 Å². The van der Waals surface area contributed by atoms with E-state index in [1.807, 2.05) is 25.1 Å². The molecule has 0 aliphatic rings. The van der Waals surface area contributed by atoms with Gasteiger partial charge < -0.3 is 10.5 Å². The number of nitrogens with two attached hydrogens (primary N) is 1. The molecule has 1 unspecified atom stereocenters. The molecule has 2 N–H and O–H groups in total. The molecule has 2 nitrogen and oxygen atoms in total. The Balaban J connectivity index is 2.32. The predicted molar refractivity (Wildman–Crippen MR) is 79.7 cm³/mol. The smallest absolute Gasteiger partial charge is 0.142 e. The summed E-state index contributed by atoms with van der Waals surface area (Å²) in [5.41, 5.74) is 8.00. The van der Waals surface area contributed by atoms with Crippen molar-refractivity contribution >= 4 is 11.6 Å². The lowest BCUT2D eigenvalue weighted by Gasteiger charge is -2.16. The Labute approximate surface area is 127 Å². The molecule has 112 valence electrons. The maximum Gasteiger partial charge on any atom is 0.142 e. The van der Waals surface area contributed by atoms with Gasteiger partial charge in [-0.2, -0.15) is 0 Å². The molecule has 0 bridgehead atoms. The highest BCUT2D eigenvalue weighted by Crippen LogP contribution is 2.28. The fourth-order valence-corrected chi connectivity index (χ4v) is 2.39. The van der Waals surface area contributed by atoms with Crippen LogP contribution < -0.4 is 10.5 Å². The van der Waals surface area contributed by atoms with Crippen LogP contribution in [-0.4, -0.2) is 7.11 Å². The minimum atomic E-state index is -0.688. The van der Waals surface area contributed by atoms with Gasteiger partial charge >= 0.3 is 0 Å². The minimum Gasteiger partial charge on any atom is -0.496 e. The number of methoxy groups -OCH3 is 1. The SMILES string of the molecule is COc1ccc(C)cc1CC(N)c1cc(F)c(Cl)cc1F. The summed E-state index contributed by atoms with van der Waals surface area (Å²) in [5.74, 6) is -0.619. The van der Waals surface area contributed by atoms with Crippen LogP contribution in [0.2, 0.25) is 5.02 Å². The maximum absolute atomic E-state index is 13.9. The third kappa shape index (κ3) is 3.52. The molecule has 5 heteroatoms. The Morgan fingerprint density at radius 3 is 2.57 bits per heavy atom. The van der Waals surface area contributed by atoms with Crippen molar-refractivity contribution in [3.05, 3.63) is 63.7 Å². The highest BCUT2D eigenvalue weighted by molar-refractivity contribution is 6.30. The Kier molecular flexibility index (Phi) is 4.80. The van der Waals surface area contributed by atoms with Crippen LogP contribution in [0, 0.1) is 18.6 Å². The molecule has 0 aliphatic heterocycles. The molecule has 0 spiro atoms. The van der Waals surface area contributed by atoms with Gasteiger partial charge in [0.15, 0.2) is 0 Å². The number of hydrogen-bond acceptors (Lipinski definition) is 2. The summed E-state index contributed by atoms with van der Waals surface area (Å²) in [5, 5.41) is -0.253. The number of rotatable bonds is 4. The van der Waals surface area contributed by atoms with Gasteiger partial charge in [-0.25, -0.2) is 8.78 Å².